The van der Waals surface area contributed by atoms with Crippen molar-refractivity contribution in [2.24, 2.45) is 0 Å². The fraction of sp³-hybridized carbons (Fsp3) is 0.278. The minimum absolute atomic E-state index is 0.125. The summed E-state index contributed by atoms with van der Waals surface area (Å²) in [6.45, 7) is 2.54. The van der Waals surface area contributed by atoms with Gasteiger partial charge >= 0.3 is 0 Å². The van der Waals surface area contributed by atoms with E-state index in [2.05, 4.69) is 5.32 Å². The number of fused-ring (bicyclic) bond motifs is 1. The fourth-order valence-corrected chi connectivity index (χ4v) is 2.88. The molecule has 0 radical (unpaired) electrons. The zero-order chi connectivity index (χ0) is 18.0. The molecule has 2 aromatic carbocycles. The van der Waals surface area contributed by atoms with Crippen molar-refractivity contribution in [3.63, 3.8) is 0 Å². The van der Waals surface area contributed by atoms with E-state index in [9.17, 15) is 4.79 Å². The van der Waals surface area contributed by atoms with Crippen LogP contribution in [0.1, 0.15) is 12.5 Å². The van der Waals surface area contributed by atoms with Crippen molar-refractivity contribution < 1.29 is 14.3 Å². The van der Waals surface area contributed by atoms with Crippen molar-refractivity contribution in [2.45, 2.75) is 19.5 Å². The molecule has 0 unspecified atom stereocenters. The predicted molar refractivity (Wildman–Crippen MR) is 98.6 cm³/mol. The van der Waals surface area contributed by atoms with Gasteiger partial charge in [0.1, 0.15) is 0 Å². The molecule has 0 aromatic heterocycles. The number of anilines is 1. The van der Waals surface area contributed by atoms with Gasteiger partial charge in [0.2, 0.25) is 12.7 Å². The molecule has 1 amide bonds. The average molecular weight is 381 g/mol. The maximum Gasteiger partial charge on any atom is 0.241 e. The number of carbonyl (C=O) groups is 1. The molecule has 7 heteroatoms. The predicted octanol–water partition coefficient (Wildman–Crippen LogP) is 4.18. The third-order valence-electron chi connectivity index (χ3n) is 4.13. The summed E-state index contributed by atoms with van der Waals surface area (Å²) in [5, 5.41) is 3.91. The van der Waals surface area contributed by atoms with Crippen LogP contribution < -0.4 is 14.8 Å². The number of likely N-dealkylation sites (N-methyl/N-ethyl adjacent to an activating group) is 1. The normalized spacial score (nSPS) is 13.8. The molecule has 1 atom stereocenters. The van der Waals surface area contributed by atoms with Crippen LogP contribution in [0.25, 0.3) is 0 Å². The Morgan fingerprint density at radius 3 is 2.80 bits per heavy atom. The van der Waals surface area contributed by atoms with Gasteiger partial charge in [0.25, 0.3) is 0 Å². The Morgan fingerprint density at radius 1 is 1.24 bits per heavy atom. The highest BCUT2D eigenvalue weighted by molar-refractivity contribution is 6.42. The third kappa shape index (κ3) is 4.00. The Morgan fingerprint density at radius 2 is 2.00 bits per heavy atom. The number of nitrogens with zero attached hydrogens (tertiary/aromatic N) is 1. The smallest absolute Gasteiger partial charge is 0.241 e. The van der Waals surface area contributed by atoms with Crippen molar-refractivity contribution in [1.29, 1.82) is 0 Å². The molecule has 0 spiro atoms. The van der Waals surface area contributed by atoms with Crippen molar-refractivity contribution in [1.82, 2.24) is 4.90 Å². The van der Waals surface area contributed by atoms with E-state index >= 15 is 0 Å². The second-order valence-electron chi connectivity index (χ2n) is 5.86. The number of benzene rings is 2. The highest BCUT2D eigenvalue weighted by Crippen LogP contribution is 2.34. The summed E-state index contributed by atoms with van der Waals surface area (Å²) in [4.78, 5) is 14.4. The third-order valence-corrected chi connectivity index (χ3v) is 4.99. The Hall–Kier alpha value is -1.95. The number of hydrogen-bond donors (Lipinski definition) is 1. The van der Waals surface area contributed by atoms with Gasteiger partial charge in [-0.3, -0.25) is 9.69 Å². The SMILES string of the molecule is C[C@H](C(=O)Nc1ccc2c(c1)OCO2)N(C)Cc1cccc(Cl)c1Cl. The van der Waals surface area contributed by atoms with E-state index in [0.29, 0.717) is 33.8 Å². The number of nitrogens with one attached hydrogen (secondary N) is 1. The molecule has 1 heterocycles. The first-order chi connectivity index (χ1) is 12.0. The number of carbonyl (C=O) groups excluding carboxylic acids is 1. The van der Waals surface area contributed by atoms with E-state index < -0.39 is 0 Å². The number of amides is 1. The molecule has 132 valence electrons. The lowest BCUT2D eigenvalue weighted by molar-refractivity contribution is -0.120. The molecule has 2 aromatic rings. The van der Waals surface area contributed by atoms with E-state index in [1.165, 1.54) is 0 Å². The second-order valence-corrected chi connectivity index (χ2v) is 6.65. The van der Waals surface area contributed by atoms with E-state index in [4.69, 9.17) is 32.7 Å². The standard InChI is InChI=1S/C18H18Cl2N2O3/c1-11(22(2)9-12-4-3-5-14(19)17(12)20)18(23)21-13-6-7-15-16(8-13)25-10-24-15/h3-8,11H,9-10H2,1-2H3,(H,21,23)/t11-/m1/s1. The molecule has 25 heavy (non-hydrogen) atoms. The minimum atomic E-state index is -0.361. The van der Waals surface area contributed by atoms with Crippen molar-refractivity contribution in [3.8, 4) is 11.5 Å². The molecule has 1 aliphatic heterocycles. The van der Waals surface area contributed by atoms with Crippen LogP contribution in [-0.2, 0) is 11.3 Å². The van der Waals surface area contributed by atoms with Gasteiger partial charge < -0.3 is 14.8 Å². The molecule has 0 aliphatic carbocycles. The minimum Gasteiger partial charge on any atom is -0.454 e. The van der Waals surface area contributed by atoms with Gasteiger partial charge in [-0.2, -0.15) is 0 Å². The second kappa shape index (κ2) is 7.52. The summed E-state index contributed by atoms with van der Waals surface area (Å²) in [5.41, 5.74) is 1.54. The summed E-state index contributed by atoms with van der Waals surface area (Å²) in [5.74, 6) is 1.18. The Bertz CT molecular complexity index is 798. The Kier molecular flexibility index (Phi) is 5.37. The number of halogens is 2. The zero-order valence-corrected chi connectivity index (χ0v) is 15.4. The first kappa shape index (κ1) is 17.9. The van der Waals surface area contributed by atoms with Crippen LogP contribution in [0.2, 0.25) is 10.0 Å². The van der Waals surface area contributed by atoms with Crippen LogP contribution in [0.4, 0.5) is 5.69 Å². The Labute approximate surface area is 156 Å². The van der Waals surface area contributed by atoms with Gasteiger partial charge in [-0.05, 0) is 37.7 Å². The molecule has 0 fully saturated rings. The van der Waals surface area contributed by atoms with E-state index in [1.54, 1.807) is 24.3 Å². The molecule has 0 saturated carbocycles. The van der Waals surface area contributed by atoms with E-state index in [1.807, 2.05) is 31.0 Å². The van der Waals surface area contributed by atoms with Gasteiger partial charge in [-0.1, -0.05) is 35.3 Å². The lowest BCUT2D eigenvalue weighted by Gasteiger charge is -2.24. The van der Waals surface area contributed by atoms with Gasteiger partial charge in [0.15, 0.2) is 11.5 Å². The summed E-state index contributed by atoms with van der Waals surface area (Å²) in [7, 11) is 1.86. The highest BCUT2D eigenvalue weighted by atomic mass is 35.5. The average Bonchev–Trinajstić information content (AvgIpc) is 3.06. The Balaban J connectivity index is 1.64. The topological polar surface area (TPSA) is 50.8 Å². The van der Waals surface area contributed by atoms with Gasteiger partial charge in [0, 0.05) is 18.3 Å². The molecule has 0 saturated heterocycles. The number of rotatable bonds is 5. The molecule has 3 rings (SSSR count). The van der Waals surface area contributed by atoms with Gasteiger partial charge in [-0.15, -0.1) is 0 Å². The maximum atomic E-state index is 12.5. The molecule has 1 N–H and O–H groups in total. The lowest BCUT2D eigenvalue weighted by atomic mass is 10.1. The van der Waals surface area contributed by atoms with Crippen molar-refractivity contribution in [3.05, 3.63) is 52.0 Å². The maximum absolute atomic E-state index is 12.5. The van der Waals surface area contributed by atoms with Crippen LogP contribution >= 0.6 is 23.2 Å². The van der Waals surface area contributed by atoms with E-state index in [-0.39, 0.29) is 18.7 Å². The zero-order valence-electron chi connectivity index (χ0n) is 13.9. The first-order valence-corrected chi connectivity index (χ1v) is 8.55. The fourth-order valence-electron chi connectivity index (χ4n) is 2.50. The van der Waals surface area contributed by atoms with Gasteiger partial charge in [0.05, 0.1) is 16.1 Å². The van der Waals surface area contributed by atoms with Crippen molar-refractivity contribution in [2.75, 3.05) is 19.2 Å². The van der Waals surface area contributed by atoms with Crippen molar-refractivity contribution >= 4 is 34.8 Å². The summed E-state index contributed by atoms with van der Waals surface area (Å²) in [6.07, 6.45) is 0. The quantitative estimate of drug-likeness (QED) is 0.844. The summed E-state index contributed by atoms with van der Waals surface area (Å²) in [6, 6.07) is 10.4. The van der Waals surface area contributed by atoms with E-state index in [0.717, 1.165) is 5.56 Å². The molecule has 5 nitrogen and oxygen atoms in total. The van der Waals surface area contributed by atoms with Gasteiger partial charge in [-0.25, -0.2) is 0 Å². The van der Waals surface area contributed by atoms with Crippen LogP contribution in [0, 0.1) is 0 Å². The molecule has 0 bridgehead atoms. The highest BCUT2D eigenvalue weighted by Gasteiger charge is 2.21. The molecular weight excluding hydrogens is 363 g/mol. The molecule has 1 aliphatic rings. The van der Waals surface area contributed by atoms with Crippen LogP contribution in [-0.4, -0.2) is 30.7 Å². The number of hydrogen-bond acceptors (Lipinski definition) is 4. The first-order valence-electron chi connectivity index (χ1n) is 7.79. The summed E-state index contributed by atoms with van der Waals surface area (Å²) >= 11 is 12.3. The molecular formula is C18H18Cl2N2O3. The number of ether oxygens (including phenoxy) is 2. The van der Waals surface area contributed by atoms with Crippen LogP contribution in [0.3, 0.4) is 0 Å². The largest absolute Gasteiger partial charge is 0.454 e. The monoisotopic (exact) mass is 380 g/mol. The van der Waals surface area contributed by atoms with Crippen LogP contribution in [0.15, 0.2) is 36.4 Å². The van der Waals surface area contributed by atoms with Crippen LogP contribution in [0.5, 0.6) is 11.5 Å². The summed E-state index contributed by atoms with van der Waals surface area (Å²) < 4.78 is 10.6. The lowest BCUT2D eigenvalue weighted by Crippen LogP contribution is -2.39.